The number of hydrogen-bond donors (Lipinski definition) is 1. The lowest BCUT2D eigenvalue weighted by Gasteiger charge is -2.26. The van der Waals surface area contributed by atoms with Crippen LogP contribution in [0.2, 0.25) is 0 Å². The van der Waals surface area contributed by atoms with Crippen LogP contribution in [0.3, 0.4) is 0 Å². The average molecular weight is 313 g/mol. The lowest BCUT2D eigenvalue weighted by Crippen LogP contribution is -2.42. The van der Waals surface area contributed by atoms with Gasteiger partial charge in [-0.1, -0.05) is 35.0 Å². The van der Waals surface area contributed by atoms with Gasteiger partial charge in [0.15, 0.2) is 0 Å². The van der Waals surface area contributed by atoms with Crippen molar-refractivity contribution in [1.82, 2.24) is 10.2 Å². The summed E-state index contributed by atoms with van der Waals surface area (Å²) in [6, 6.07) is 8.54. The molecule has 3 heteroatoms. The van der Waals surface area contributed by atoms with Gasteiger partial charge in [0.25, 0.3) is 0 Å². The molecule has 18 heavy (non-hydrogen) atoms. The molecule has 0 amide bonds. The summed E-state index contributed by atoms with van der Waals surface area (Å²) < 4.78 is 1.14. The van der Waals surface area contributed by atoms with E-state index in [0.717, 1.165) is 30.5 Å². The Bertz CT molecular complexity index is 346. The first kappa shape index (κ1) is 15.7. The number of likely N-dealkylation sites (N-methyl/N-ethyl adjacent to an activating group) is 1. The summed E-state index contributed by atoms with van der Waals surface area (Å²) in [6.07, 6.45) is 1.16. The maximum absolute atomic E-state index is 3.59. The number of benzene rings is 1. The van der Waals surface area contributed by atoms with Crippen LogP contribution < -0.4 is 5.32 Å². The molecule has 0 aliphatic rings. The molecule has 0 fully saturated rings. The number of nitrogens with one attached hydrogen (secondary N) is 1. The van der Waals surface area contributed by atoms with E-state index in [1.807, 2.05) is 0 Å². The van der Waals surface area contributed by atoms with Crippen molar-refractivity contribution >= 4 is 15.9 Å². The normalized spacial score (nSPS) is 12.1. The van der Waals surface area contributed by atoms with Crippen molar-refractivity contribution in [2.75, 3.05) is 20.1 Å². The van der Waals surface area contributed by atoms with Crippen molar-refractivity contribution in [1.29, 1.82) is 0 Å². The quantitative estimate of drug-likeness (QED) is 0.826. The monoisotopic (exact) mass is 312 g/mol. The maximum atomic E-state index is 3.59. The predicted octanol–water partition coefficient (Wildman–Crippen LogP) is 3.66. The summed E-state index contributed by atoms with van der Waals surface area (Å²) in [5.41, 5.74) is 1.61. The van der Waals surface area contributed by atoms with E-state index in [4.69, 9.17) is 0 Å². The van der Waals surface area contributed by atoms with Crippen LogP contribution in [0, 0.1) is 0 Å². The van der Waals surface area contributed by atoms with E-state index in [1.165, 1.54) is 5.56 Å². The maximum Gasteiger partial charge on any atom is 0.0231 e. The molecule has 0 radical (unpaired) electrons. The Morgan fingerprint density at radius 2 is 1.83 bits per heavy atom. The van der Waals surface area contributed by atoms with Gasteiger partial charge < -0.3 is 10.2 Å². The molecule has 1 aromatic rings. The predicted molar refractivity (Wildman–Crippen MR) is 82.8 cm³/mol. The van der Waals surface area contributed by atoms with Crippen molar-refractivity contribution in [2.45, 2.75) is 39.3 Å². The zero-order valence-electron chi connectivity index (χ0n) is 12.0. The zero-order chi connectivity index (χ0) is 13.6. The van der Waals surface area contributed by atoms with Gasteiger partial charge in [-0.05, 0) is 45.0 Å². The van der Waals surface area contributed by atoms with E-state index in [9.17, 15) is 0 Å². The summed E-state index contributed by atoms with van der Waals surface area (Å²) >= 11 is 3.46. The van der Waals surface area contributed by atoms with Crippen molar-refractivity contribution in [3.63, 3.8) is 0 Å². The van der Waals surface area contributed by atoms with Crippen LogP contribution in [0.15, 0.2) is 28.7 Å². The first-order chi connectivity index (χ1) is 8.43. The molecule has 0 aliphatic heterocycles. The van der Waals surface area contributed by atoms with Gasteiger partial charge in [0, 0.05) is 29.6 Å². The highest BCUT2D eigenvalue weighted by atomic mass is 79.9. The fraction of sp³-hybridized carbons (Fsp3) is 0.600. The molecule has 0 heterocycles. The minimum atomic E-state index is 0.248. The zero-order valence-corrected chi connectivity index (χ0v) is 13.5. The molecule has 0 saturated heterocycles. The number of rotatable bonds is 7. The van der Waals surface area contributed by atoms with Crippen molar-refractivity contribution in [2.24, 2.45) is 0 Å². The van der Waals surface area contributed by atoms with E-state index in [2.05, 4.69) is 78.2 Å². The molecular formula is C15H25BrN2. The Kier molecular flexibility index (Phi) is 6.33. The number of hydrogen-bond acceptors (Lipinski definition) is 2. The third-order valence-corrected chi connectivity index (χ3v) is 3.88. The van der Waals surface area contributed by atoms with Crippen molar-refractivity contribution in [3.8, 4) is 0 Å². The van der Waals surface area contributed by atoms with Crippen LogP contribution in [0.4, 0.5) is 0 Å². The van der Waals surface area contributed by atoms with E-state index in [0.29, 0.717) is 0 Å². The highest BCUT2D eigenvalue weighted by Crippen LogP contribution is 2.11. The van der Waals surface area contributed by atoms with E-state index >= 15 is 0 Å². The Labute approximate surface area is 120 Å². The Balaban J connectivity index is 2.29. The second-order valence-electron chi connectivity index (χ2n) is 5.53. The third-order valence-electron chi connectivity index (χ3n) is 3.35. The molecule has 1 N–H and O–H groups in total. The third kappa shape index (κ3) is 5.98. The molecular weight excluding hydrogens is 288 g/mol. The molecule has 0 aromatic heterocycles. The SMILES string of the molecule is CCC(C)(C)NCCN(C)Cc1ccc(Br)cc1. The van der Waals surface area contributed by atoms with E-state index in [1.54, 1.807) is 0 Å². The molecule has 1 aromatic carbocycles. The van der Waals surface area contributed by atoms with Crippen LogP contribution >= 0.6 is 15.9 Å². The molecule has 1 rings (SSSR count). The van der Waals surface area contributed by atoms with Gasteiger partial charge in [-0.25, -0.2) is 0 Å². The Hall–Kier alpha value is -0.380. The van der Waals surface area contributed by atoms with Crippen LogP contribution in [0.1, 0.15) is 32.8 Å². The molecule has 2 nitrogen and oxygen atoms in total. The highest BCUT2D eigenvalue weighted by molar-refractivity contribution is 9.10. The Morgan fingerprint density at radius 1 is 1.22 bits per heavy atom. The van der Waals surface area contributed by atoms with E-state index in [-0.39, 0.29) is 5.54 Å². The summed E-state index contributed by atoms with van der Waals surface area (Å²) in [7, 11) is 2.17. The van der Waals surface area contributed by atoms with Crippen LogP contribution in [-0.4, -0.2) is 30.6 Å². The fourth-order valence-corrected chi connectivity index (χ4v) is 1.96. The van der Waals surface area contributed by atoms with Gasteiger partial charge in [0.1, 0.15) is 0 Å². The lowest BCUT2D eigenvalue weighted by molar-refractivity contribution is 0.293. The standard InChI is InChI=1S/C15H25BrN2/c1-5-15(2,3)17-10-11-18(4)12-13-6-8-14(16)9-7-13/h6-9,17H,5,10-12H2,1-4H3. The minimum Gasteiger partial charge on any atom is -0.311 e. The smallest absolute Gasteiger partial charge is 0.0231 e. The highest BCUT2D eigenvalue weighted by Gasteiger charge is 2.13. The summed E-state index contributed by atoms with van der Waals surface area (Å²) in [4.78, 5) is 2.35. The van der Waals surface area contributed by atoms with Gasteiger partial charge in [-0.2, -0.15) is 0 Å². The fourth-order valence-electron chi connectivity index (χ4n) is 1.69. The second-order valence-corrected chi connectivity index (χ2v) is 6.44. The van der Waals surface area contributed by atoms with Crippen LogP contribution in [0.25, 0.3) is 0 Å². The van der Waals surface area contributed by atoms with Gasteiger partial charge in [-0.15, -0.1) is 0 Å². The summed E-state index contributed by atoms with van der Waals surface area (Å²) in [5, 5.41) is 3.59. The number of halogens is 1. The van der Waals surface area contributed by atoms with Gasteiger partial charge >= 0.3 is 0 Å². The first-order valence-electron chi connectivity index (χ1n) is 6.61. The van der Waals surface area contributed by atoms with Crippen molar-refractivity contribution in [3.05, 3.63) is 34.3 Å². The first-order valence-corrected chi connectivity index (χ1v) is 7.40. The van der Waals surface area contributed by atoms with Crippen molar-refractivity contribution < 1.29 is 0 Å². The van der Waals surface area contributed by atoms with Gasteiger partial charge in [0.05, 0.1) is 0 Å². The minimum absolute atomic E-state index is 0.248. The largest absolute Gasteiger partial charge is 0.311 e. The van der Waals surface area contributed by atoms with Crippen LogP contribution in [0.5, 0.6) is 0 Å². The average Bonchev–Trinajstić information content (AvgIpc) is 2.32. The second kappa shape index (κ2) is 7.27. The van der Waals surface area contributed by atoms with E-state index < -0.39 is 0 Å². The summed E-state index contributed by atoms with van der Waals surface area (Å²) in [5.74, 6) is 0. The Morgan fingerprint density at radius 3 is 2.39 bits per heavy atom. The summed E-state index contributed by atoms with van der Waals surface area (Å²) in [6.45, 7) is 9.83. The molecule has 0 bridgehead atoms. The molecule has 0 atom stereocenters. The molecule has 0 unspecified atom stereocenters. The van der Waals surface area contributed by atoms with Crippen LogP contribution in [-0.2, 0) is 6.54 Å². The topological polar surface area (TPSA) is 15.3 Å². The molecule has 0 spiro atoms. The number of nitrogens with zero attached hydrogens (tertiary/aromatic N) is 1. The lowest BCUT2D eigenvalue weighted by atomic mass is 10.0. The molecule has 102 valence electrons. The molecule has 0 aliphatic carbocycles. The van der Waals surface area contributed by atoms with Gasteiger partial charge in [0.2, 0.25) is 0 Å². The van der Waals surface area contributed by atoms with Gasteiger partial charge in [-0.3, -0.25) is 0 Å². The molecule has 0 saturated carbocycles.